The molecule has 0 fully saturated rings. The number of benzene rings is 2. The molecule has 0 radical (unpaired) electrons. The fraction of sp³-hybridized carbons (Fsp3) is 0.227. The third-order valence-corrected chi connectivity index (χ3v) is 4.94. The average molecular weight is 442 g/mol. The molecule has 0 atom stereocenters. The molecule has 4 rings (SSSR count). The van der Waals surface area contributed by atoms with Gasteiger partial charge in [0.25, 0.3) is 11.3 Å². The summed E-state index contributed by atoms with van der Waals surface area (Å²) in [6.07, 6.45) is -3.46. The first-order valence-electron chi connectivity index (χ1n) is 10.0. The molecule has 3 N–H and O–H groups in total. The van der Waals surface area contributed by atoms with Gasteiger partial charge in [-0.1, -0.05) is 37.3 Å². The maximum atomic E-state index is 12.9. The van der Waals surface area contributed by atoms with Crippen molar-refractivity contribution in [1.29, 1.82) is 0 Å². The van der Waals surface area contributed by atoms with Crippen molar-refractivity contribution in [3.05, 3.63) is 87.3 Å². The Labute approximate surface area is 181 Å². The lowest BCUT2D eigenvalue weighted by molar-refractivity contribution is -0.137. The monoisotopic (exact) mass is 442 g/mol. The Morgan fingerprint density at radius 3 is 2.44 bits per heavy atom. The largest absolute Gasteiger partial charge is 0.416 e. The van der Waals surface area contributed by atoms with E-state index in [2.05, 4.69) is 44.8 Å². The van der Waals surface area contributed by atoms with Gasteiger partial charge in [0.05, 0.1) is 17.8 Å². The summed E-state index contributed by atoms with van der Waals surface area (Å²) >= 11 is 0. The number of nitrogens with zero attached hydrogens (tertiary/aromatic N) is 3. The van der Waals surface area contributed by atoms with E-state index in [0.717, 1.165) is 24.1 Å². The van der Waals surface area contributed by atoms with E-state index in [0.29, 0.717) is 18.2 Å². The Balaban J connectivity index is 1.46. The maximum absolute atomic E-state index is 12.9. The number of alkyl halides is 3. The van der Waals surface area contributed by atoms with Crippen LogP contribution in [0.2, 0.25) is 0 Å². The summed E-state index contributed by atoms with van der Waals surface area (Å²) < 4.78 is 39.8. The quantitative estimate of drug-likeness (QED) is 0.399. The predicted molar refractivity (Wildman–Crippen MR) is 116 cm³/mol. The number of hydrogen-bond donors (Lipinski definition) is 3. The summed E-state index contributed by atoms with van der Waals surface area (Å²) in [6, 6.07) is 14.3. The van der Waals surface area contributed by atoms with Gasteiger partial charge in [0.15, 0.2) is 0 Å². The highest BCUT2D eigenvalue weighted by Gasteiger charge is 2.30. The molecule has 2 aromatic heterocycles. The molecule has 0 saturated heterocycles. The SMILES string of the molecule is CCc1ccc(CNc2nc3nc(CNc4cccc(C(F)(F)F)c4)cc(=O)n3[nH]2)cc1. The van der Waals surface area contributed by atoms with Crippen molar-refractivity contribution < 1.29 is 13.2 Å². The zero-order valence-electron chi connectivity index (χ0n) is 17.2. The Morgan fingerprint density at radius 1 is 0.969 bits per heavy atom. The Bertz CT molecular complexity index is 1280. The number of aryl methyl sites for hydroxylation is 1. The van der Waals surface area contributed by atoms with Gasteiger partial charge in [-0.05, 0) is 35.7 Å². The summed E-state index contributed by atoms with van der Waals surface area (Å²) in [5.41, 5.74) is 1.83. The normalized spacial score (nSPS) is 11.6. The zero-order valence-corrected chi connectivity index (χ0v) is 17.2. The lowest BCUT2D eigenvalue weighted by Crippen LogP contribution is -2.17. The van der Waals surface area contributed by atoms with Crippen molar-refractivity contribution in [3.8, 4) is 0 Å². The van der Waals surface area contributed by atoms with Crippen LogP contribution in [-0.4, -0.2) is 19.6 Å². The van der Waals surface area contributed by atoms with Crippen LogP contribution in [0, 0.1) is 0 Å². The lowest BCUT2D eigenvalue weighted by atomic mass is 10.1. The van der Waals surface area contributed by atoms with Gasteiger partial charge in [-0.25, -0.2) is 4.98 Å². The third kappa shape index (κ3) is 4.90. The zero-order chi connectivity index (χ0) is 22.7. The molecule has 2 aromatic carbocycles. The van der Waals surface area contributed by atoms with Gasteiger partial charge in [-0.3, -0.25) is 9.89 Å². The molecule has 0 aliphatic heterocycles. The first kappa shape index (κ1) is 21.4. The summed E-state index contributed by atoms with van der Waals surface area (Å²) in [4.78, 5) is 21.0. The summed E-state index contributed by atoms with van der Waals surface area (Å²) in [5, 5.41) is 8.84. The van der Waals surface area contributed by atoms with Crippen molar-refractivity contribution in [1.82, 2.24) is 19.6 Å². The molecule has 0 aliphatic carbocycles. The fourth-order valence-electron chi connectivity index (χ4n) is 3.17. The minimum Gasteiger partial charge on any atom is -0.379 e. The highest BCUT2D eigenvalue weighted by Crippen LogP contribution is 2.30. The lowest BCUT2D eigenvalue weighted by Gasteiger charge is -2.10. The van der Waals surface area contributed by atoms with Crippen LogP contribution in [0.5, 0.6) is 0 Å². The predicted octanol–water partition coefficient (Wildman–Crippen LogP) is 4.22. The van der Waals surface area contributed by atoms with Crippen molar-refractivity contribution in [2.24, 2.45) is 0 Å². The van der Waals surface area contributed by atoms with Crippen molar-refractivity contribution in [2.45, 2.75) is 32.6 Å². The van der Waals surface area contributed by atoms with Crippen LogP contribution in [-0.2, 0) is 25.7 Å². The van der Waals surface area contributed by atoms with Crippen LogP contribution in [0.25, 0.3) is 5.78 Å². The van der Waals surface area contributed by atoms with Gasteiger partial charge < -0.3 is 10.6 Å². The fourth-order valence-corrected chi connectivity index (χ4v) is 3.17. The minimum absolute atomic E-state index is 0.0758. The molecule has 10 heteroatoms. The maximum Gasteiger partial charge on any atom is 0.416 e. The Kier molecular flexibility index (Phi) is 5.85. The number of aromatic amines is 1. The van der Waals surface area contributed by atoms with Crippen molar-refractivity contribution in [3.63, 3.8) is 0 Å². The molecule has 0 saturated carbocycles. The Hall–Kier alpha value is -3.82. The van der Waals surface area contributed by atoms with E-state index in [-0.39, 0.29) is 23.6 Å². The second kappa shape index (κ2) is 8.74. The van der Waals surface area contributed by atoms with Crippen LogP contribution in [0.4, 0.5) is 24.8 Å². The molecule has 7 nitrogen and oxygen atoms in total. The molecule has 0 aliphatic rings. The summed E-state index contributed by atoms with van der Waals surface area (Å²) in [6.45, 7) is 2.69. The van der Waals surface area contributed by atoms with E-state index >= 15 is 0 Å². The number of anilines is 2. The molecule has 4 aromatic rings. The van der Waals surface area contributed by atoms with Crippen molar-refractivity contribution >= 4 is 17.4 Å². The van der Waals surface area contributed by atoms with Crippen LogP contribution in [0.15, 0.2) is 59.4 Å². The minimum atomic E-state index is -4.43. The average Bonchev–Trinajstić information content (AvgIpc) is 3.20. The topological polar surface area (TPSA) is 87.1 Å². The second-order valence-electron chi connectivity index (χ2n) is 7.25. The number of aromatic nitrogens is 4. The number of halogens is 3. The molecular weight excluding hydrogens is 421 g/mol. The number of H-pyrrole nitrogens is 1. The number of rotatable bonds is 7. The van der Waals surface area contributed by atoms with Crippen LogP contribution < -0.4 is 16.2 Å². The van der Waals surface area contributed by atoms with Gasteiger partial charge in [0.2, 0.25) is 5.95 Å². The molecule has 0 unspecified atom stereocenters. The van der Waals surface area contributed by atoms with Gasteiger partial charge >= 0.3 is 6.18 Å². The van der Waals surface area contributed by atoms with E-state index < -0.39 is 11.7 Å². The summed E-state index contributed by atoms with van der Waals surface area (Å²) in [5.74, 6) is 0.555. The molecule has 32 heavy (non-hydrogen) atoms. The van der Waals surface area contributed by atoms with Crippen LogP contribution in [0.3, 0.4) is 0 Å². The molecule has 2 heterocycles. The van der Waals surface area contributed by atoms with Crippen LogP contribution >= 0.6 is 0 Å². The molecule has 0 amide bonds. The highest BCUT2D eigenvalue weighted by atomic mass is 19.4. The summed E-state index contributed by atoms with van der Waals surface area (Å²) in [7, 11) is 0. The van der Waals surface area contributed by atoms with E-state index in [9.17, 15) is 18.0 Å². The molecular formula is C22H21F3N6O. The number of fused-ring (bicyclic) bond motifs is 1. The van der Waals surface area contributed by atoms with Crippen LogP contribution in [0.1, 0.15) is 29.3 Å². The molecule has 166 valence electrons. The first-order chi connectivity index (χ1) is 15.3. The highest BCUT2D eigenvalue weighted by molar-refractivity contribution is 5.47. The van der Waals surface area contributed by atoms with Gasteiger partial charge in [0, 0.05) is 18.3 Å². The smallest absolute Gasteiger partial charge is 0.379 e. The van der Waals surface area contributed by atoms with E-state index in [4.69, 9.17) is 0 Å². The van der Waals surface area contributed by atoms with Gasteiger partial charge in [0.1, 0.15) is 0 Å². The van der Waals surface area contributed by atoms with E-state index in [1.54, 1.807) is 0 Å². The molecule has 0 spiro atoms. The second-order valence-corrected chi connectivity index (χ2v) is 7.25. The molecule has 0 bridgehead atoms. The van der Waals surface area contributed by atoms with Gasteiger partial charge in [-0.2, -0.15) is 22.7 Å². The van der Waals surface area contributed by atoms with E-state index in [1.807, 2.05) is 12.1 Å². The third-order valence-electron chi connectivity index (χ3n) is 4.94. The van der Waals surface area contributed by atoms with Crippen molar-refractivity contribution in [2.75, 3.05) is 10.6 Å². The number of nitrogens with one attached hydrogen (secondary N) is 3. The van der Waals surface area contributed by atoms with E-state index in [1.165, 1.54) is 28.3 Å². The number of hydrogen-bond acceptors (Lipinski definition) is 5. The van der Waals surface area contributed by atoms with Gasteiger partial charge in [-0.15, -0.1) is 0 Å². The Morgan fingerprint density at radius 2 is 1.72 bits per heavy atom. The first-order valence-corrected chi connectivity index (χ1v) is 10.0. The standard InChI is InChI=1S/C22H21F3N6O/c1-2-14-6-8-15(9-7-14)12-27-20-29-21-28-18(11-19(32)31(21)30-20)13-26-17-5-3-4-16(10-17)22(23,24)25/h3-11,26H,2,12-13H2,1H3,(H2,27,28,29,30).